The van der Waals surface area contributed by atoms with E-state index in [1.807, 2.05) is 17.4 Å². The van der Waals surface area contributed by atoms with Crippen LogP contribution in [0, 0.1) is 0 Å². The van der Waals surface area contributed by atoms with E-state index >= 15 is 0 Å². The molecule has 0 spiro atoms. The summed E-state index contributed by atoms with van der Waals surface area (Å²) >= 11 is 1.87. The van der Waals surface area contributed by atoms with Gasteiger partial charge in [-0.15, -0.1) is 11.3 Å². The lowest BCUT2D eigenvalue weighted by Crippen LogP contribution is -2.16. The van der Waals surface area contributed by atoms with Crippen LogP contribution in [0.4, 0.5) is 17.1 Å². The van der Waals surface area contributed by atoms with Gasteiger partial charge in [-0.05, 0) is 110 Å². The molecule has 0 saturated heterocycles. The molecule has 0 saturated carbocycles. The molecule has 0 atom stereocenters. The summed E-state index contributed by atoms with van der Waals surface area (Å²) in [7, 11) is 0. The fourth-order valence-electron chi connectivity index (χ4n) is 9.76. The number of hydrogen-bond donors (Lipinski definition) is 0. The van der Waals surface area contributed by atoms with Crippen molar-refractivity contribution in [3.63, 3.8) is 0 Å². The lowest BCUT2D eigenvalue weighted by atomic mass is 9.82. The van der Waals surface area contributed by atoms with Crippen molar-refractivity contribution in [3.05, 3.63) is 211 Å². The van der Waals surface area contributed by atoms with Crippen molar-refractivity contribution in [1.82, 2.24) is 0 Å². The van der Waals surface area contributed by atoms with Crippen LogP contribution in [0.1, 0.15) is 25.0 Å². The average Bonchev–Trinajstić information content (AvgIpc) is 3.94. The van der Waals surface area contributed by atoms with E-state index in [0.717, 1.165) is 44.6 Å². The van der Waals surface area contributed by atoms with E-state index in [0.29, 0.717) is 0 Å². The maximum absolute atomic E-state index is 6.50. The van der Waals surface area contributed by atoms with Gasteiger partial charge < -0.3 is 9.32 Å². The zero-order valence-corrected chi connectivity index (χ0v) is 34.1. The third kappa shape index (κ3) is 5.40. The van der Waals surface area contributed by atoms with Gasteiger partial charge >= 0.3 is 0 Å². The van der Waals surface area contributed by atoms with Gasteiger partial charge in [-0.3, -0.25) is 0 Å². The van der Waals surface area contributed by atoms with Gasteiger partial charge in [-0.25, -0.2) is 0 Å². The van der Waals surface area contributed by atoms with E-state index in [2.05, 4.69) is 213 Å². The van der Waals surface area contributed by atoms with Crippen LogP contribution in [0.5, 0.6) is 0 Å². The van der Waals surface area contributed by atoms with Crippen molar-refractivity contribution in [2.75, 3.05) is 4.90 Å². The second-order valence-corrected chi connectivity index (χ2v) is 17.6. The first-order valence-corrected chi connectivity index (χ1v) is 21.5. The van der Waals surface area contributed by atoms with E-state index in [-0.39, 0.29) is 5.41 Å². The second-order valence-electron chi connectivity index (χ2n) is 16.5. The highest BCUT2D eigenvalue weighted by molar-refractivity contribution is 7.26. The number of anilines is 3. The van der Waals surface area contributed by atoms with E-state index in [9.17, 15) is 0 Å². The quantitative estimate of drug-likeness (QED) is 0.167. The van der Waals surface area contributed by atoms with Crippen LogP contribution in [0.3, 0.4) is 0 Å². The van der Waals surface area contributed by atoms with Gasteiger partial charge in [0.05, 0.1) is 0 Å². The van der Waals surface area contributed by atoms with Gasteiger partial charge in [0.15, 0.2) is 0 Å². The van der Waals surface area contributed by atoms with Crippen LogP contribution in [-0.2, 0) is 5.41 Å². The number of thiophene rings is 1. The normalized spacial score (nSPS) is 13.0. The van der Waals surface area contributed by atoms with E-state index in [1.54, 1.807) is 0 Å². The molecular formula is C57H39NOS. The summed E-state index contributed by atoms with van der Waals surface area (Å²) < 4.78 is 9.09. The van der Waals surface area contributed by atoms with Gasteiger partial charge in [0, 0.05) is 59.5 Å². The van der Waals surface area contributed by atoms with Crippen molar-refractivity contribution in [2.45, 2.75) is 19.3 Å². The summed E-state index contributed by atoms with van der Waals surface area (Å²) in [6, 6.07) is 73.2. The predicted octanol–water partition coefficient (Wildman–Crippen LogP) is 16.7. The van der Waals surface area contributed by atoms with Crippen molar-refractivity contribution in [2.24, 2.45) is 0 Å². The number of rotatable bonds is 6. The molecule has 0 N–H and O–H groups in total. The van der Waals surface area contributed by atoms with Crippen LogP contribution in [0.2, 0.25) is 0 Å². The van der Waals surface area contributed by atoms with Crippen molar-refractivity contribution >= 4 is 70.5 Å². The van der Waals surface area contributed by atoms with Gasteiger partial charge in [-0.2, -0.15) is 0 Å². The van der Waals surface area contributed by atoms with Crippen LogP contribution in [0.15, 0.2) is 205 Å². The molecule has 2 aromatic heterocycles. The summed E-state index contributed by atoms with van der Waals surface area (Å²) in [4.78, 5) is 2.41. The summed E-state index contributed by atoms with van der Waals surface area (Å²) in [5.74, 6) is 0. The maximum atomic E-state index is 6.50. The summed E-state index contributed by atoms with van der Waals surface area (Å²) in [6.07, 6.45) is 0. The molecule has 2 heterocycles. The number of hydrogen-bond acceptors (Lipinski definition) is 3. The fourth-order valence-corrected chi connectivity index (χ4v) is 10.9. The Morgan fingerprint density at radius 1 is 0.400 bits per heavy atom. The summed E-state index contributed by atoms with van der Waals surface area (Å²) in [5, 5.41) is 4.84. The van der Waals surface area contributed by atoms with Gasteiger partial charge in [-0.1, -0.05) is 153 Å². The Balaban J connectivity index is 1.06. The zero-order valence-electron chi connectivity index (χ0n) is 33.3. The zero-order chi connectivity index (χ0) is 40.0. The lowest BCUT2D eigenvalue weighted by molar-refractivity contribution is 0.660. The molecule has 0 aliphatic heterocycles. The average molecular weight is 786 g/mol. The monoisotopic (exact) mass is 785 g/mol. The Labute approximate surface area is 353 Å². The predicted molar refractivity (Wildman–Crippen MR) is 255 cm³/mol. The van der Waals surface area contributed by atoms with Gasteiger partial charge in [0.2, 0.25) is 0 Å². The van der Waals surface area contributed by atoms with Crippen molar-refractivity contribution < 1.29 is 4.42 Å². The van der Waals surface area contributed by atoms with Crippen molar-refractivity contribution in [1.29, 1.82) is 0 Å². The largest absolute Gasteiger partial charge is 0.456 e. The highest BCUT2D eigenvalue weighted by Crippen LogP contribution is 2.52. The van der Waals surface area contributed by atoms with Crippen LogP contribution < -0.4 is 4.90 Å². The molecule has 11 aromatic rings. The van der Waals surface area contributed by atoms with Gasteiger partial charge in [0.1, 0.15) is 11.2 Å². The number of para-hydroxylation sites is 1. The Hall–Kier alpha value is -7.20. The summed E-state index contributed by atoms with van der Waals surface area (Å²) in [5.41, 5.74) is 17.5. The number of fused-ring (bicyclic) bond motifs is 9. The van der Waals surface area contributed by atoms with Crippen LogP contribution >= 0.6 is 11.3 Å². The van der Waals surface area contributed by atoms with Crippen molar-refractivity contribution in [3.8, 4) is 44.5 Å². The topological polar surface area (TPSA) is 16.4 Å². The summed E-state index contributed by atoms with van der Waals surface area (Å²) in [6.45, 7) is 4.70. The fraction of sp³-hybridized carbons (Fsp3) is 0.0526. The first-order chi connectivity index (χ1) is 29.5. The molecule has 0 amide bonds. The molecule has 12 rings (SSSR count). The Morgan fingerprint density at radius 2 is 1.03 bits per heavy atom. The Morgan fingerprint density at radius 3 is 1.92 bits per heavy atom. The Kier molecular flexibility index (Phi) is 7.79. The molecule has 0 fully saturated rings. The molecule has 1 aliphatic carbocycles. The minimum absolute atomic E-state index is 0.137. The first-order valence-electron chi connectivity index (χ1n) is 20.7. The third-order valence-electron chi connectivity index (χ3n) is 12.7. The SMILES string of the molecule is CC1(C)c2ccccc2-c2ccc(N(c3cccc(-c4ccc5sc6ccccc6c5c4-c4ccc(-c5ccccc5)cc4)c3)c3ccc4c(c3)oc3ccccc34)cc21. The Bertz CT molecular complexity index is 3460. The second kappa shape index (κ2) is 13.4. The molecule has 1 aliphatic rings. The molecule has 2 nitrogen and oxygen atoms in total. The highest BCUT2D eigenvalue weighted by Gasteiger charge is 2.36. The first kappa shape index (κ1) is 34.8. The molecule has 0 unspecified atom stereocenters. The molecular weight excluding hydrogens is 747 g/mol. The standard InChI is InChI=1S/C57H39NOS/c1-57(2)49-20-9-6-17-44(49)45-29-27-41(34-50(45)57)58(42-28-30-47-46-18-7-10-21-51(46)59-52(47)35-42)40-16-12-15-39(33-40)43-31-32-54-56(48-19-8-11-22-53(48)60-54)55(43)38-25-23-37(24-26-38)36-13-4-3-5-14-36/h3-35H,1-2H3. The lowest BCUT2D eigenvalue weighted by Gasteiger charge is -2.28. The molecule has 284 valence electrons. The third-order valence-corrected chi connectivity index (χ3v) is 13.8. The minimum Gasteiger partial charge on any atom is -0.456 e. The minimum atomic E-state index is -0.137. The number of nitrogens with zero attached hydrogens (tertiary/aromatic N) is 1. The number of benzene rings is 9. The smallest absolute Gasteiger partial charge is 0.137 e. The number of furan rings is 1. The van der Waals surface area contributed by atoms with E-state index in [4.69, 9.17) is 4.42 Å². The molecule has 0 bridgehead atoms. The molecule has 0 radical (unpaired) electrons. The molecule has 9 aromatic carbocycles. The van der Waals surface area contributed by atoms with E-state index < -0.39 is 0 Å². The maximum Gasteiger partial charge on any atom is 0.137 e. The van der Waals surface area contributed by atoms with Crippen LogP contribution in [0.25, 0.3) is 86.6 Å². The van der Waals surface area contributed by atoms with Crippen LogP contribution in [-0.4, -0.2) is 0 Å². The molecule has 3 heteroatoms. The highest BCUT2D eigenvalue weighted by atomic mass is 32.1. The van der Waals surface area contributed by atoms with E-state index in [1.165, 1.54) is 70.2 Å². The molecule has 60 heavy (non-hydrogen) atoms. The van der Waals surface area contributed by atoms with Gasteiger partial charge in [0.25, 0.3) is 0 Å².